The van der Waals surface area contributed by atoms with E-state index in [-0.39, 0.29) is 0 Å². The van der Waals surface area contributed by atoms with Crippen LogP contribution in [0.15, 0.2) is 24.3 Å². The number of rotatable bonds is 0. The summed E-state index contributed by atoms with van der Waals surface area (Å²) in [6, 6.07) is 0. The van der Waals surface area contributed by atoms with Crippen LogP contribution in [0.5, 0.6) is 0 Å². The van der Waals surface area contributed by atoms with Gasteiger partial charge in [0.05, 0.1) is 0 Å². The number of allylic oxidation sites excluding steroid dienone is 4. The minimum Gasteiger partial charge on any atom is -0.0843 e. The third-order valence-electron chi connectivity index (χ3n) is 2.02. The minimum absolute atomic E-state index is 0.949. The van der Waals surface area contributed by atoms with Crippen LogP contribution in [0.3, 0.4) is 0 Å². The SMILES string of the molecule is C1=CC[C@@H]2C[C@H]2C=C1. The third kappa shape index (κ3) is 0.605. The van der Waals surface area contributed by atoms with Gasteiger partial charge in [-0.05, 0) is 24.7 Å². The second-order valence-corrected chi connectivity index (χ2v) is 2.71. The van der Waals surface area contributed by atoms with Crippen molar-refractivity contribution in [2.45, 2.75) is 12.8 Å². The van der Waals surface area contributed by atoms with Gasteiger partial charge in [-0.25, -0.2) is 0 Å². The normalized spacial score (nSPS) is 41.0. The van der Waals surface area contributed by atoms with Gasteiger partial charge in [-0.15, -0.1) is 0 Å². The quantitative estimate of drug-likeness (QED) is 0.444. The highest BCUT2D eigenvalue weighted by Gasteiger charge is 2.33. The van der Waals surface area contributed by atoms with E-state index in [2.05, 4.69) is 24.3 Å². The van der Waals surface area contributed by atoms with Crippen molar-refractivity contribution < 1.29 is 0 Å². The Hall–Kier alpha value is -0.520. The fourth-order valence-corrected chi connectivity index (χ4v) is 1.32. The van der Waals surface area contributed by atoms with E-state index in [0.717, 1.165) is 11.8 Å². The van der Waals surface area contributed by atoms with Gasteiger partial charge in [-0.2, -0.15) is 0 Å². The monoisotopic (exact) mass is 106 g/mol. The maximum absolute atomic E-state index is 2.33. The van der Waals surface area contributed by atoms with Gasteiger partial charge in [-0.1, -0.05) is 24.3 Å². The zero-order valence-electron chi connectivity index (χ0n) is 4.88. The average molecular weight is 106 g/mol. The van der Waals surface area contributed by atoms with E-state index >= 15 is 0 Å². The predicted molar refractivity (Wildman–Crippen MR) is 34.5 cm³/mol. The molecule has 0 spiro atoms. The molecule has 8 heavy (non-hydrogen) atoms. The second kappa shape index (κ2) is 1.48. The highest BCUT2D eigenvalue weighted by molar-refractivity contribution is 5.15. The molecule has 2 atom stereocenters. The Morgan fingerprint density at radius 1 is 1.25 bits per heavy atom. The first-order valence-corrected chi connectivity index (χ1v) is 3.30. The van der Waals surface area contributed by atoms with E-state index in [1.54, 1.807) is 0 Å². The summed E-state index contributed by atoms with van der Waals surface area (Å²) in [5.41, 5.74) is 0. The lowest BCUT2D eigenvalue weighted by atomic mass is 10.2. The first-order chi connectivity index (χ1) is 3.97. The lowest BCUT2D eigenvalue weighted by Gasteiger charge is -1.81. The van der Waals surface area contributed by atoms with Gasteiger partial charge in [0, 0.05) is 0 Å². The summed E-state index contributed by atoms with van der Waals surface area (Å²) in [5, 5.41) is 0. The molecule has 0 aromatic carbocycles. The smallest absolute Gasteiger partial charge is 0.0196 e. The van der Waals surface area contributed by atoms with Crippen LogP contribution in [0.25, 0.3) is 0 Å². The molecular weight excluding hydrogens is 96.1 g/mol. The Balaban J connectivity index is 2.14. The van der Waals surface area contributed by atoms with Crippen LogP contribution < -0.4 is 0 Å². The number of hydrogen-bond acceptors (Lipinski definition) is 0. The van der Waals surface area contributed by atoms with Gasteiger partial charge in [0.1, 0.15) is 0 Å². The van der Waals surface area contributed by atoms with Gasteiger partial charge in [0.2, 0.25) is 0 Å². The number of hydrogen-bond donors (Lipinski definition) is 0. The van der Waals surface area contributed by atoms with Crippen LogP contribution >= 0.6 is 0 Å². The van der Waals surface area contributed by atoms with Gasteiger partial charge in [0.15, 0.2) is 0 Å². The first kappa shape index (κ1) is 4.37. The molecule has 1 saturated carbocycles. The maximum Gasteiger partial charge on any atom is -0.0196 e. The molecule has 0 amide bonds. The first-order valence-electron chi connectivity index (χ1n) is 3.30. The Kier molecular flexibility index (Phi) is 0.806. The summed E-state index contributed by atoms with van der Waals surface area (Å²) >= 11 is 0. The molecule has 0 aliphatic heterocycles. The maximum atomic E-state index is 2.33. The summed E-state index contributed by atoms with van der Waals surface area (Å²) in [6.45, 7) is 0. The fraction of sp³-hybridized carbons (Fsp3) is 0.500. The van der Waals surface area contributed by atoms with E-state index < -0.39 is 0 Å². The Morgan fingerprint density at radius 3 is 3.25 bits per heavy atom. The summed E-state index contributed by atoms with van der Waals surface area (Å²) in [4.78, 5) is 0. The Labute approximate surface area is 49.9 Å². The lowest BCUT2D eigenvalue weighted by Crippen LogP contribution is -1.70. The van der Waals surface area contributed by atoms with Crippen molar-refractivity contribution in [2.24, 2.45) is 11.8 Å². The minimum atomic E-state index is 0.949. The van der Waals surface area contributed by atoms with Gasteiger partial charge in [0.25, 0.3) is 0 Å². The summed E-state index contributed by atoms with van der Waals surface area (Å²) < 4.78 is 0. The van der Waals surface area contributed by atoms with Crippen molar-refractivity contribution in [2.75, 3.05) is 0 Å². The van der Waals surface area contributed by atoms with E-state index in [1.807, 2.05) is 0 Å². The fourth-order valence-electron chi connectivity index (χ4n) is 1.32. The zero-order valence-corrected chi connectivity index (χ0v) is 4.88. The molecule has 0 unspecified atom stereocenters. The molecule has 2 aliphatic carbocycles. The molecule has 0 saturated heterocycles. The number of fused-ring (bicyclic) bond motifs is 1. The molecule has 0 radical (unpaired) electrons. The highest BCUT2D eigenvalue weighted by atomic mass is 14.4. The van der Waals surface area contributed by atoms with E-state index in [4.69, 9.17) is 0 Å². The van der Waals surface area contributed by atoms with Crippen LogP contribution in [0.2, 0.25) is 0 Å². The van der Waals surface area contributed by atoms with Gasteiger partial charge < -0.3 is 0 Å². The van der Waals surface area contributed by atoms with Gasteiger partial charge >= 0.3 is 0 Å². The van der Waals surface area contributed by atoms with Gasteiger partial charge in [-0.3, -0.25) is 0 Å². The van der Waals surface area contributed by atoms with E-state index in [1.165, 1.54) is 12.8 Å². The molecule has 2 aliphatic rings. The zero-order chi connectivity index (χ0) is 5.40. The molecule has 42 valence electrons. The Bertz CT molecular complexity index is 142. The molecule has 0 heterocycles. The van der Waals surface area contributed by atoms with E-state index in [0.29, 0.717) is 0 Å². The highest BCUT2D eigenvalue weighted by Crippen LogP contribution is 2.43. The van der Waals surface area contributed by atoms with Crippen LogP contribution in [0.4, 0.5) is 0 Å². The topological polar surface area (TPSA) is 0 Å². The Morgan fingerprint density at radius 2 is 2.25 bits per heavy atom. The van der Waals surface area contributed by atoms with Crippen molar-refractivity contribution in [3.8, 4) is 0 Å². The van der Waals surface area contributed by atoms with Crippen LogP contribution in [0, 0.1) is 11.8 Å². The average Bonchev–Trinajstić information content (AvgIpc) is 2.36. The van der Waals surface area contributed by atoms with Crippen LogP contribution in [-0.2, 0) is 0 Å². The lowest BCUT2D eigenvalue weighted by molar-refractivity contribution is 0.813. The largest absolute Gasteiger partial charge is 0.0843 e. The summed E-state index contributed by atoms with van der Waals surface area (Å²) in [5.74, 6) is 1.97. The van der Waals surface area contributed by atoms with Crippen molar-refractivity contribution in [1.29, 1.82) is 0 Å². The molecule has 0 heteroatoms. The van der Waals surface area contributed by atoms with Crippen molar-refractivity contribution in [3.05, 3.63) is 24.3 Å². The molecule has 0 bridgehead atoms. The van der Waals surface area contributed by atoms with Crippen molar-refractivity contribution in [1.82, 2.24) is 0 Å². The second-order valence-electron chi connectivity index (χ2n) is 2.71. The molecule has 0 N–H and O–H groups in total. The molecule has 0 aromatic heterocycles. The molecular formula is C8H10. The summed E-state index contributed by atoms with van der Waals surface area (Å²) in [7, 11) is 0. The van der Waals surface area contributed by atoms with Crippen LogP contribution in [-0.4, -0.2) is 0 Å². The van der Waals surface area contributed by atoms with Crippen molar-refractivity contribution >= 4 is 0 Å². The van der Waals surface area contributed by atoms with E-state index in [9.17, 15) is 0 Å². The standard InChI is InChI=1S/C8H10/c1-2-4-7-6-8(7)5-3-1/h1-4,7-8H,5-6H2/t7-,8-/m1/s1. The van der Waals surface area contributed by atoms with Crippen LogP contribution in [0.1, 0.15) is 12.8 Å². The third-order valence-corrected chi connectivity index (χ3v) is 2.02. The molecule has 1 fully saturated rings. The molecule has 0 nitrogen and oxygen atoms in total. The summed E-state index contributed by atoms with van der Waals surface area (Å²) in [6.07, 6.45) is 11.7. The molecule has 0 aromatic rings. The predicted octanol–water partition coefficient (Wildman–Crippen LogP) is 2.14. The molecule has 2 rings (SSSR count). The van der Waals surface area contributed by atoms with Crippen molar-refractivity contribution in [3.63, 3.8) is 0 Å².